The third-order valence-electron chi connectivity index (χ3n) is 7.67. The van der Waals surface area contributed by atoms with Gasteiger partial charge in [0.05, 0.1) is 21.2 Å². The molecule has 0 aliphatic heterocycles. The van der Waals surface area contributed by atoms with E-state index in [1.54, 1.807) is 60.7 Å². The predicted octanol–water partition coefficient (Wildman–Crippen LogP) is 7.76. The molecule has 0 saturated carbocycles. The maximum atomic E-state index is 14.5. The van der Waals surface area contributed by atoms with Crippen LogP contribution in [0, 0.1) is 0 Å². The third-order valence-corrected chi connectivity index (χ3v) is 10.0. The first-order valence-corrected chi connectivity index (χ1v) is 17.2. The van der Waals surface area contributed by atoms with E-state index in [1.807, 2.05) is 13.8 Å². The van der Waals surface area contributed by atoms with Crippen LogP contribution in [0.1, 0.15) is 37.0 Å². The molecule has 4 aromatic rings. The summed E-state index contributed by atoms with van der Waals surface area (Å²) in [5, 5.41) is 2.66. The number of benzene rings is 4. The van der Waals surface area contributed by atoms with Gasteiger partial charge in [-0.3, -0.25) is 13.9 Å². The summed E-state index contributed by atoms with van der Waals surface area (Å²) in [5.41, 5.74) is -0.427. The molecule has 13 heteroatoms. The van der Waals surface area contributed by atoms with Crippen molar-refractivity contribution >= 4 is 50.7 Å². The van der Waals surface area contributed by atoms with Crippen LogP contribution < -0.4 is 9.62 Å². The highest BCUT2D eigenvalue weighted by Gasteiger charge is 2.37. The fourth-order valence-electron chi connectivity index (χ4n) is 4.96. The molecule has 0 bridgehead atoms. The van der Waals surface area contributed by atoms with Gasteiger partial charge in [-0.05, 0) is 66.9 Å². The van der Waals surface area contributed by atoms with Crippen molar-refractivity contribution in [1.29, 1.82) is 0 Å². The van der Waals surface area contributed by atoms with E-state index in [2.05, 4.69) is 5.32 Å². The molecular formula is C35H34Cl2F3N3O4S. The van der Waals surface area contributed by atoms with Crippen molar-refractivity contribution in [1.82, 2.24) is 10.2 Å². The molecule has 2 unspecified atom stereocenters. The molecular weight excluding hydrogens is 686 g/mol. The van der Waals surface area contributed by atoms with Gasteiger partial charge in [-0.2, -0.15) is 13.2 Å². The van der Waals surface area contributed by atoms with E-state index in [9.17, 15) is 31.2 Å². The standard InChI is InChI=1S/C35H34Cl2F3N3O4S/c1-3-24(2)41-34(45)32(20-25-11-6-4-7-12-25)42(22-26-13-10-14-27(36)19-26)33(44)23-43(48(46,47)29-15-8-5-9-16-29)28-17-18-31(37)30(21-28)35(38,39)40/h4-19,21,24,32H,3,20,22-23H2,1-2H3,(H,41,45). The van der Waals surface area contributed by atoms with Crippen LogP contribution in [-0.4, -0.2) is 43.8 Å². The molecule has 0 saturated heterocycles. The number of halogens is 5. The summed E-state index contributed by atoms with van der Waals surface area (Å²) in [6.45, 7) is 2.62. The first kappa shape index (κ1) is 36.8. The summed E-state index contributed by atoms with van der Waals surface area (Å²) in [5.74, 6) is -1.31. The zero-order valence-electron chi connectivity index (χ0n) is 26.1. The molecule has 254 valence electrons. The smallest absolute Gasteiger partial charge is 0.352 e. The highest BCUT2D eigenvalue weighted by molar-refractivity contribution is 7.92. The molecule has 0 aliphatic carbocycles. The van der Waals surface area contributed by atoms with E-state index in [-0.39, 0.29) is 23.9 Å². The molecule has 7 nitrogen and oxygen atoms in total. The lowest BCUT2D eigenvalue weighted by Gasteiger charge is -2.34. The van der Waals surface area contributed by atoms with Crippen LogP contribution in [0.15, 0.2) is 108 Å². The zero-order chi connectivity index (χ0) is 35.1. The molecule has 2 atom stereocenters. The molecule has 0 aromatic heterocycles. The number of alkyl halides is 3. The quantitative estimate of drug-likeness (QED) is 0.153. The summed E-state index contributed by atoms with van der Waals surface area (Å²) in [6.07, 6.45) is -4.24. The Bertz CT molecular complexity index is 1830. The second-order valence-corrected chi connectivity index (χ2v) is 13.9. The first-order chi connectivity index (χ1) is 22.7. The van der Waals surface area contributed by atoms with Crippen LogP contribution in [0.2, 0.25) is 10.0 Å². The largest absolute Gasteiger partial charge is 0.417 e. The van der Waals surface area contributed by atoms with Gasteiger partial charge in [0.2, 0.25) is 11.8 Å². The Balaban J connectivity index is 1.86. The van der Waals surface area contributed by atoms with E-state index in [1.165, 1.54) is 29.2 Å². The highest BCUT2D eigenvalue weighted by Crippen LogP contribution is 2.38. The van der Waals surface area contributed by atoms with Crippen molar-refractivity contribution in [3.05, 3.63) is 130 Å². The van der Waals surface area contributed by atoms with Crippen molar-refractivity contribution in [3.63, 3.8) is 0 Å². The zero-order valence-corrected chi connectivity index (χ0v) is 28.5. The average molecular weight is 721 g/mol. The minimum Gasteiger partial charge on any atom is -0.352 e. The summed E-state index contributed by atoms with van der Waals surface area (Å²) in [4.78, 5) is 29.4. The SMILES string of the molecule is CCC(C)NC(=O)C(Cc1ccccc1)N(Cc1cccc(Cl)c1)C(=O)CN(c1ccc(Cl)c(C(F)(F)F)c1)S(=O)(=O)c1ccccc1. The minimum absolute atomic E-state index is 0.0695. The van der Waals surface area contributed by atoms with Crippen molar-refractivity contribution in [2.45, 2.75) is 56.4 Å². The van der Waals surface area contributed by atoms with Crippen molar-refractivity contribution in [3.8, 4) is 0 Å². The van der Waals surface area contributed by atoms with Gasteiger partial charge in [0.25, 0.3) is 10.0 Å². The van der Waals surface area contributed by atoms with Gasteiger partial charge < -0.3 is 10.2 Å². The normalized spacial score (nSPS) is 13.0. The lowest BCUT2D eigenvalue weighted by atomic mass is 10.0. The van der Waals surface area contributed by atoms with Gasteiger partial charge >= 0.3 is 6.18 Å². The summed E-state index contributed by atoms with van der Waals surface area (Å²) < 4.78 is 70.5. The topological polar surface area (TPSA) is 86.8 Å². The van der Waals surface area contributed by atoms with Crippen molar-refractivity contribution < 1.29 is 31.2 Å². The average Bonchev–Trinajstić information content (AvgIpc) is 3.05. The molecule has 0 heterocycles. The third kappa shape index (κ3) is 9.30. The molecule has 48 heavy (non-hydrogen) atoms. The fourth-order valence-corrected chi connectivity index (χ4v) is 6.83. The fraction of sp³-hybridized carbons (Fsp3) is 0.257. The van der Waals surface area contributed by atoms with Crippen LogP contribution in [0.4, 0.5) is 18.9 Å². The number of rotatable bonds is 13. The van der Waals surface area contributed by atoms with Gasteiger partial charge in [-0.15, -0.1) is 0 Å². The lowest BCUT2D eigenvalue weighted by Crippen LogP contribution is -2.54. The predicted molar refractivity (Wildman–Crippen MR) is 181 cm³/mol. The monoisotopic (exact) mass is 719 g/mol. The van der Waals surface area contributed by atoms with Crippen molar-refractivity contribution in [2.24, 2.45) is 0 Å². The Morgan fingerprint density at radius 2 is 1.48 bits per heavy atom. The Labute approximate surface area is 288 Å². The number of hydrogen-bond donors (Lipinski definition) is 1. The summed E-state index contributed by atoms with van der Waals surface area (Å²) >= 11 is 12.1. The Morgan fingerprint density at radius 3 is 2.08 bits per heavy atom. The van der Waals surface area contributed by atoms with E-state index < -0.39 is 56.9 Å². The number of nitrogens with zero attached hydrogens (tertiary/aromatic N) is 2. The van der Waals surface area contributed by atoms with Crippen LogP contribution in [0.25, 0.3) is 0 Å². The van der Waals surface area contributed by atoms with E-state index >= 15 is 0 Å². The Hall–Kier alpha value is -4.06. The van der Waals surface area contributed by atoms with Gasteiger partial charge in [-0.1, -0.05) is 90.8 Å². The molecule has 0 radical (unpaired) electrons. The lowest BCUT2D eigenvalue weighted by molar-refractivity contribution is -0.140. The molecule has 2 amide bonds. The van der Waals surface area contributed by atoms with Crippen LogP contribution in [-0.2, 0) is 38.8 Å². The molecule has 1 N–H and O–H groups in total. The molecule has 4 aromatic carbocycles. The van der Waals surface area contributed by atoms with Gasteiger partial charge in [-0.25, -0.2) is 8.42 Å². The number of hydrogen-bond acceptors (Lipinski definition) is 4. The van der Waals surface area contributed by atoms with Crippen LogP contribution >= 0.6 is 23.2 Å². The molecule has 0 spiro atoms. The van der Waals surface area contributed by atoms with Crippen LogP contribution in [0.5, 0.6) is 0 Å². The molecule has 0 fully saturated rings. The van der Waals surface area contributed by atoms with E-state index in [0.29, 0.717) is 27.4 Å². The van der Waals surface area contributed by atoms with Crippen LogP contribution in [0.3, 0.4) is 0 Å². The second kappa shape index (κ2) is 15.9. The van der Waals surface area contributed by atoms with Gasteiger partial charge in [0.1, 0.15) is 12.6 Å². The maximum Gasteiger partial charge on any atom is 0.417 e. The number of nitrogens with one attached hydrogen (secondary N) is 1. The minimum atomic E-state index is -4.91. The van der Waals surface area contributed by atoms with E-state index in [0.717, 1.165) is 17.7 Å². The number of amides is 2. The molecule has 4 rings (SSSR count). The summed E-state index contributed by atoms with van der Waals surface area (Å²) in [6, 6.07) is 23.9. The Kier molecular flexibility index (Phi) is 12.2. The second-order valence-electron chi connectivity index (χ2n) is 11.2. The first-order valence-electron chi connectivity index (χ1n) is 15.0. The van der Waals surface area contributed by atoms with E-state index in [4.69, 9.17) is 23.2 Å². The summed E-state index contributed by atoms with van der Waals surface area (Å²) in [7, 11) is -4.61. The van der Waals surface area contributed by atoms with Gasteiger partial charge in [0.15, 0.2) is 0 Å². The highest BCUT2D eigenvalue weighted by atomic mass is 35.5. The number of anilines is 1. The number of carbonyl (C=O) groups is 2. The maximum absolute atomic E-state index is 14.5. The van der Waals surface area contributed by atoms with Crippen molar-refractivity contribution in [2.75, 3.05) is 10.8 Å². The Morgan fingerprint density at radius 1 is 0.854 bits per heavy atom. The number of carbonyl (C=O) groups excluding carboxylic acids is 2. The number of sulfonamides is 1. The van der Waals surface area contributed by atoms with Gasteiger partial charge in [0, 0.05) is 24.0 Å². The molecule has 0 aliphatic rings.